The first-order chi connectivity index (χ1) is 29.7. The number of hydrogen-bond acceptors (Lipinski definition) is 10. The summed E-state index contributed by atoms with van der Waals surface area (Å²) >= 11 is 0. The predicted molar refractivity (Wildman–Crippen MR) is 244 cm³/mol. The van der Waals surface area contributed by atoms with Gasteiger partial charge in [-0.05, 0) is 76.2 Å². The van der Waals surface area contributed by atoms with Crippen molar-refractivity contribution in [2.75, 3.05) is 41.9 Å². The number of esters is 1. The average Bonchev–Trinajstić information content (AvgIpc) is 3.73. The minimum atomic E-state index is -0.843. The van der Waals surface area contributed by atoms with Crippen molar-refractivity contribution in [2.24, 2.45) is 23.7 Å². The number of amides is 4. The van der Waals surface area contributed by atoms with Crippen LogP contribution < -0.4 is 10.6 Å². The van der Waals surface area contributed by atoms with Gasteiger partial charge in [-0.2, -0.15) is 0 Å². The van der Waals surface area contributed by atoms with Crippen LogP contribution in [-0.2, 0) is 33.4 Å². The van der Waals surface area contributed by atoms with Gasteiger partial charge in [0, 0.05) is 33.4 Å². The van der Waals surface area contributed by atoms with Crippen LogP contribution in [0.2, 0.25) is 0 Å². The fraction of sp³-hybridized carbons (Fsp3) is 0.633. The van der Waals surface area contributed by atoms with Crippen LogP contribution in [0.4, 0.5) is 0 Å². The van der Waals surface area contributed by atoms with Crippen LogP contribution >= 0.6 is 0 Å². The molecule has 0 radical (unpaired) electrons. The van der Waals surface area contributed by atoms with Crippen molar-refractivity contribution >= 4 is 35.4 Å². The predicted octanol–water partition coefficient (Wildman–Crippen LogP) is 5.94. The van der Waals surface area contributed by atoms with Crippen LogP contribution in [0.1, 0.15) is 120 Å². The van der Waals surface area contributed by atoms with Gasteiger partial charge >= 0.3 is 5.97 Å². The average molecular weight is 878 g/mol. The molecule has 0 aliphatic carbocycles. The Morgan fingerprint density at radius 2 is 1.40 bits per heavy atom. The molecule has 63 heavy (non-hydrogen) atoms. The highest BCUT2D eigenvalue weighted by Gasteiger charge is 2.43. The van der Waals surface area contributed by atoms with E-state index in [1.54, 1.807) is 62.1 Å². The minimum Gasteiger partial charge on any atom is -0.452 e. The first-order valence-electron chi connectivity index (χ1n) is 22.5. The van der Waals surface area contributed by atoms with Gasteiger partial charge in [0.05, 0.1) is 54.3 Å². The molecule has 0 saturated carbocycles. The van der Waals surface area contributed by atoms with E-state index in [0.29, 0.717) is 36.9 Å². The summed E-state index contributed by atoms with van der Waals surface area (Å²) in [6.45, 7) is 17.3. The molecule has 2 aromatic rings. The maximum Gasteiger partial charge on any atom is 0.338 e. The number of carbonyl (C=O) groups excluding carboxylic acids is 6. The second kappa shape index (κ2) is 24.4. The molecule has 3 rings (SSSR count). The molecule has 4 amide bonds. The molecular formula is C49H75N5O9. The fourth-order valence-corrected chi connectivity index (χ4v) is 8.97. The third-order valence-corrected chi connectivity index (χ3v) is 12.7. The lowest BCUT2D eigenvalue weighted by molar-refractivity contribution is -0.148. The second-order valence-corrected chi connectivity index (χ2v) is 18.1. The molecule has 10 atom stereocenters. The Morgan fingerprint density at radius 3 is 1.90 bits per heavy atom. The largest absolute Gasteiger partial charge is 0.452 e. The SMILES string of the molecule is CCC(C)C(C(CC(=O)N1CCCC1C(OC)C(C)C(=O)N[C@H](C)C(OC(=O)c1ccc(C(C)=O)cc1)c1ccccc1)OC)N(C)C(=O)[C@@H](NC(=O)[C@H](C(C)C)N(C)C)C(C)C. The smallest absolute Gasteiger partial charge is 0.338 e. The molecule has 2 aromatic carbocycles. The molecular weight excluding hydrogens is 803 g/mol. The maximum atomic E-state index is 14.4. The van der Waals surface area contributed by atoms with Crippen molar-refractivity contribution < 1.29 is 43.0 Å². The maximum absolute atomic E-state index is 14.4. The van der Waals surface area contributed by atoms with E-state index < -0.39 is 60.4 Å². The van der Waals surface area contributed by atoms with Crippen molar-refractivity contribution in [3.63, 3.8) is 0 Å². The summed E-state index contributed by atoms with van der Waals surface area (Å²) < 4.78 is 18.1. The van der Waals surface area contributed by atoms with Gasteiger partial charge in [0.15, 0.2) is 5.78 Å². The Labute approximate surface area is 376 Å². The molecule has 14 nitrogen and oxygen atoms in total. The summed E-state index contributed by atoms with van der Waals surface area (Å²) in [4.78, 5) is 86.7. The number of benzene rings is 2. The molecule has 350 valence electrons. The van der Waals surface area contributed by atoms with Gasteiger partial charge in [-0.1, -0.05) is 97.4 Å². The monoisotopic (exact) mass is 878 g/mol. The second-order valence-electron chi connectivity index (χ2n) is 18.1. The number of hydrogen-bond donors (Lipinski definition) is 2. The van der Waals surface area contributed by atoms with Crippen LogP contribution in [0.15, 0.2) is 54.6 Å². The Morgan fingerprint density at radius 1 is 0.794 bits per heavy atom. The molecule has 1 heterocycles. The van der Waals surface area contributed by atoms with Gasteiger partial charge in [0.25, 0.3) is 0 Å². The van der Waals surface area contributed by atoms with E-state index in [1.165, 1.54) is 14.0 Å². The molecule has 0 aromatic heterocycles. The highest BCUT2D eigenvalue weighted by Crippen LogP contribution is 2.31. The topological polar surface area (TPSA) is 164 Å². The van der Waals surface area contributed by atoms with Crippen LogP contribution in [0, 0.1) is 23.7 Å². The van der Waals surface area contributed by atoms with Crippen molar-refractivity contribution in [3.05, 3.63) is 71.3 Å². The zero-order chi connectivity index (χ0) is 47.3. The summed E-state index contributed by atoms with van der Waals surface area (Å²) in [6.07, 6.45) is -0.131. The Balaban J connectivity index is 1.80. The van der Waals surface area contributed by atoms with Gasteiger partial charge < -0.3 is 34.6 Å². The van der Waals surface area contributed by atoms with Crippen LogP contribution in [0.25, 0.3) is 0 Å². The molecule has 7 unspecified atom stereocenters. The van der Waals surface area contributed by atoms with Crippen molar-refractivity contribution in [1.29, 1.82) is 0 Å². The Bertz CT molecular complexity index is 1810. The van der Waals surface area contributed by atoms with Gasteiger partial charge in [0.1, 0.15) is 12.1 Å². The molecule has 1 fully saturated rings. The third-order valence-electron chi connectivity index (χ3n) is 12.7. The van der Waals surface area contributed by atoms with Crippen molar-refractivity contribution in [1.82, 2.24) is 25.3 Å². The summed E-state index contributed by atoms with van der Waals surface area (Å²) in [6, 6.07) is 12.6. The van der Waals surface area contributed by atoms with Crippen LogP contribution in [-0.4, -0.2) is 134 Å². The number of nitrogens with one attached hydrogen (secondary N) is 2. The molecule has 1 aliphatic heterocycles. The van der Waals surface area contributed by atoms with E-state index in [4.69, 9.17) is 14.2 Å². The number of Topliss-reactive ketones (excluding diaryl/α,β-unsaturated/α-hetero) is 1. The van der Waals surface area contributed by atoms with Gasteiger partial charge in [0.2, 0.25) is 23.6 Å². The van der Waals surface area contributed by atoms with E-state index in [-0.39, 0.29) is 59.1 Å². The lowest BCUT2D eigenvalue weighted by Crippen LogP contribution is -2.59. The molecule has 2 N–H and O–H groups in total. The number of carbonyl (C=O) groups is 6. The highest BCUT2D eigenvalue weighted by atomic mass is 16.5. The highest BCUT2D eigenvalue weighted by molar-refractivity contribution is 5.96. The number of likely N-dealkylation sites (tertiary alicyclic amines) is 1. The molecule has 0 spiro atoms. The molecule has 14 heteroatoms. The molecule has 1 saturated heterocycles. The third kappa shape index (κ3) is 13.7. The number of methoxy groups -OCH3 is 2. The number of rotatable bonds is 23. The van der Waals surface area contributed by atoms with E-state index >= 15 is 0 Å². The van der Waals surface area contributed by atoms with E-state index in [1.807, 2.05) is 90.9 Å². The first-order valence-corrected chi connectivity index (χ1v) is 22.5. The van der Waals surface area contributed by atoms with Gasteiger partial charge in [-0.3, -0.25) is 28.9 Å². The lowest BCUT2D eigenvalue weighted by atomic mass is 9.89. The number of likely N-dealkylation sites (N-methyl/N-ethyl adjacent to an activating group) is 2. The van der Waals surface area contributed by atoms with E-state index in [2.05, 4.69) is 10.6 Å². The van der Waals surface area contributed by atoms with Gasteiger partial charge in [-0.15, -0.1) is 0 Å². The van der Waals surface area contributed by atoms with Crippen molar-refractivity contribution in [3.8, 4) is 0 Å². The van der Waals surface area contributed by atoms with Crippen LogP contribution in [0.3, 0.4) is 0 Å². The van der Waals surface area contributed by atoms with E-state index in [9.17, 15) is 28.8 Å². The van der Waals surface area contributed by atoms with E-state index in [0.717, 1.165) is 0 Å². The Kier molecular flexibility index (Phi) is 20.4. The Hall–Kier alpha value is -4.66. The minimum absolute atomic E-state index is 0.00989. The summed E-state index contributed by atoms with van der Waals surface area (Å²) in [5.41, 5.74) is 1.43. The summed E-state index contributed by atoms with van der Waals surface area (Å²) in [5, 5.41) is 6.09. The molecule has 0 bridgehead atoms. The number of ketones is 1. The fourth-order valence-electron chi connectivity index (χ4n) is 8.97. The number of ether oxygens (including phenoxy) is 3. The number of nitrogens with zero attached hydrogens (tertiary/aromatic N) is 3. The van der Waals surface area contributed by atoms with Crippen molar-refractivity contribution in [2.45, 2.75) is 137 Å². The lowest BCUT2D eigenvalue weighted by Gasteiger charge is -2.41. The quantitative estimate of drug-likeness (QED) is 0.101. The zero-order valence-electron chi connectivity index (χ0n) is 40.2. The summed E-state index contributed by atoms with van der Waals surface area (Å²) in [7, 11) is 8.51. The standard InChI is InChI=1S/C49H75N5O9/c1-15-31(6)43(53(12)48(59)41(29(2)3)51-47(58)42(30(4)5)52(10)11)39(61-13)28-40(56)54-27-19-22-38(54)44(62-14)32(7)46(57)50-33(8)45(36-20-17-16-18-21-36)63-49(60)37-25-23-35(24-26-37)34(9)55/h16-18,20-21,23-26,29-33,38-39,41-45H,15,19,22,27-28H2,1-14H3,(H,50,57)(H,51,58)/t31?,32?,33-,38?,39?,41+,42+,43?,44?,45?/m1/s1. The van der Waals surface area contributed by atoms with Crippen LogP contribution in [0.5, 0.6) is 0 Å². The summed E-state index contributed by atoms with van der Waals surface area (Å²) in [5.74, 6) is -2.62. The first kappa shape index (κ1) is 52.7. The van der Waals surface area contributed by atoms with Gasteiger partial charge in [-0.25, -0.2) is 4.79 Å². The molecule has 1 aliphatic rings. The zero-order valence-corrected chi connectivity index (χ0v) is 40.2. The normalized spacial score (nSPS) is 18.4.